The Morgan fingerprint density at radius 1 is 1.02 bits per heavy atom. The number of rotatable bonds is 14. The van der Waals surface area contributed by atoms with Crippen molar-refractivity contribution in [3.63, 3.8) is 0 Å². The van der Waals surface area contributed by atoms with E-state index in [0.29, 0.717) is 27.4 Å². The van der Waals surface area contributed by atoms with Gasteiger partial charge < -0.3 is 24.6 Å². The zero-order valence-corrected chi connectivity index (χ0v) is 25.7. The molecule has 0 spiro atoms. The zero-order chi connectivity index (χ0) is 30.6. The maximum absolute atomic E-state index is 13.2. The largest absolute Gasteiger partial charge is 0.490 e. The maximum Gasteiger partial charge on any atom is 0.341 e. The van der Waals surface area contributed by atoms with Crippen molar-refractivity contribution in [2.75, 3.05) is 13.2 Å². The molecule has 0 saturated heterocycles. The van der Waals surface area contributed by atoms with Crippen molar-refractivity contribution in [2.45, 2.75) is 32.4 Å². The summed E-state index contributed by atoms with van der Waals surface area (Å²) < 4.78 is 17.0. The topological polar surface area (TPSA) is 136 Å². The van der Waals surface area contributed by atoms with Gasteiger partial charge in [0.25, 0.3) is 11.8 Å². The highest BCUT2D eigenvalue weighted by Crippen LogP contribution is 2.36. The number of hydrazone groups is 1. The monoisotopic (exact) mass is 679 g/mol. The van der Waals surface area contributed by atoms with Gasteiger partial charge in [-0.25, -0.2) is 10.2 Å². The summed E-state index contributed by atoms with van der Waals surface area (Å²) in [6.45, 7) is 3.06. The first-order chi connectivity index (χ1) is 20.1. The van der Waals surface area contributed by atoms with Gasteiger partial charge in [0, 0.05) is 11.4 Å². The summed E-state index contributed by atoms with van der Waals surface area (Å²) in [6.07, 6.45) is 0.592. The number of carbonyl (C=O) groups is 3. The first-order valence-electron chi connectivity index (χ1n) is 12.7. The summed E-state index contributed by atoms with van der Waals surface area (Å²) in [5.74, 6) is -1.44. The first kappa shape index (κ1) is 32.7. The van der Waals surface area contributed by atoms with Gasteiger partial charge in [0.15, 0.2) is 24.2 Å². The number of amides is 2. The van der Waals surface area contributed by atoms with Crippen molar-refractivity contribution < 1.29 is 33.7 Å². The second kappa shape index (κ2) is 16.0. The summed E-state index contributed by atoms with van der Waals surface area (Å²) in [5.41, 5.74) is 3.81. The van der Waals surface area contributed by atoms with Crippen molar-refractivity contribution in [1.82, 2.24) is 10.7 Å². The van der Waals surface area contributed by atoms with Gasteiger partial charge in [0.05, 0.1) is 22.3 Å². The molecule has 3 aromatic rings. The molecular weight excluding hydrogens is 653 g/mol. The molecule has 0 aliphatic rings. The molecule has 0 aromatic heterocycles. The van der Waals surface area contributed by atoms with Crippen LogP contribution in [-0.4, -0.2) is 54.5 Å². The van der Waals surface area contributed by atoms with Crippen molar-refractivity contribution in [3.05, 3.63) is 86.3 Å². The number of carboxylic acids is 1. The molecule has 0 aliphatic carbocycles. The van der Waals surface area contributed by atoms with Gasteiger partial charge in [0.2, 0.25) is 0 Å². The van der Waals surface area contributed by atoms with E-state index in [1.54, 1.807) is 31.2 Å². The van der Waals surface area contributed by atoms with Crippen LogP contribution in [0.4, 0.5) is 0 Å². The van der Waals surface area contributed by atoms with Gasteiger partial charge in [-0.3, -0.25) is 9.59 Å². The summed E-state index contributed by atoms with van der Waals surface area (Å²) in [6, 6.07) is 16.0. The molecule has 0 heterocycles. The molecule has 42 heavy (non-hydrogen) atoms. The second-order valence-electron chi connectivity index (χ2n) is 8.77. The van der Waals surface area contributed by atoms with E-state index in [9.17, 15) is 14.4 Å². The van der Waals surface area contributed by atoms with Gasteiger partial charge >= 0.3 is 5.97 Å². The van der Waals surface area contributed by atoms with Crippen molar-refractivity contribution >= 4 is 63.1 Å². The Bertz CT molecular complexity index is 1440. The lowest BCUT2D eigenvalue weighted by Gasteiger charge is -2.21. The van der Waals surface area contributed by atoms with E-state index < -0.39 is 36.5 Å². The third-order valence-electron chi connectivity index (χ3n) is 5.54. The van der Waals surface area contributed by atoms with E-state index in [-0.39, 0.29) is 22.9 Å². The molecule has 222 valence electrons. The van der Waals surface area contributed by atoms with Crippen molar-refractivity contribution in [2.24, 2.45) is 5.10 Å². The van der Waals surface area contributed by atoms with Gasteiger partial charge in [-0.05, 0) is 71.2 Å². The van der Waals surface area contributed by atoms with E-state index in [1.165, 1.54) is 19.2 Å². The minimum Gasteiger partial charge on any atom is -0.490 e. The average Bonchev–Trinajstić information content (AvgIpc) is 2.94. The highest BCUT2D eigenvalue weighted by Gasteiger charge is 2.25. The van der Waals surface area contributed by atoms with Gasteiger partial charge in [-0.2, -0.15) is 5.10 Å². The number of hydrogen-bond acceptors (Lipinski definition) is 7. The van der Waals surface area contributed by atoms with Crippen LogP contribution in [-0.2, 0) is 20.8 Å². The van der Waals surface area contributed by atoms with Crippen LogP contribution in [0.2, 0.25) is 10.0 Å². The number of aliphatic carboxylic acids is 1. The third kappa shape index (κ3) is 9.93. The molecule has 0 aliphatic heterocycles. The molecule has 0 radical (unpaired) electrons. The number of nitrogens with one attached hydrogen (secondary N) is 2. The Hall–Kier alpha value is -3.80. The molecule has 0 bridgehead atoms. The lowest BCUT2D eigenvalue weighted by Crippen LogP contribution is -2.50. The number of carbonyl (C=O) groups excluding carboxylic acids is 2. The molecule has 10 nitrogen and oxygen atoms in total. The molecule has 3 aromatic carbocycles. The van der Waals surface area contributed by atoms with Crippen LogP contribution in [0.25, 0.3) is 0 Å². The normalized spacial score (nSPS) is 12.3. The number of benzene rings is 3. The number of nitrogens with zero attached hydrogens (tertiary/aromatic N) is 1. The molecule has 0 unspecified atom stereocenters. The van der Waals surface area contributed by atoms with Gasteiger partial charge in [-0.1, -0.05) is 53.5 Å². The fourth-order valence-corrected chi connectivity index (χ4v) is 4.64. The van der Waals surface area contributed by atoms with Crippen molar-refractivity contribution in [3.8, 4) is 17.2 Å². The van der Waals surface area contributed by atoms with Crippen LogP contribution < -0.4 is 25.0 Å². The van der Waals surface area contributed by atoms with E-state index in [0.717, 1.165) is 5.56 Å². The first-order valence-corrected chi connectivity index (χ1v) is 14.2. The molecule has 0 saturated carbocycles. The minimum absolute atomic E-state index is 0.192. The summed E-state index contributed by atoms with van der Waals surface area (Å²) in [7, 11) is 0. The Balaban J connectivity index is 1.73. The van der Waals surface area contributed by atoms with Crippen LogP contribution in [0.5, 0.6) is 17.2 Å². The Labute approximate surface area is 261 Å². The highest BCUT2D eigenvalue weighted by molar-refractivity contribution is 9.10. The van der Waals surface area contributed by atoms with Crippen molar-refractivity contribution in [1.29, 1.82) is 0 Å². The highest BCUT2D eigenvalue weighted by atomic mass is 79.9. The van der Waals surface area contributed by atoms with E-state index >= 15 is 0 Å². The average molecular weight is 681 g/mol. The van der Waals surface area contributed by atoms with E-state index in [1.807, 2.05) is 30.3 Å². The number of halogens is 3. The Morgan fingerprint density at radius 2 is 1.76 bits per heavy atom. The summed E-state index contributed by atoms with van der Waals surface area (Å²) in [4.78, 5) is 37.1. The van der Waals surface area contributed by atoms with Crippen LogP contribution in [0.15, 0.2) is 70.2 Å². The fourth-order valence-electron chi connectivity index (χ4n) is 3.61. The number of carboxylic acid groups (broad SMARTS) is 1. The van der Waals surface area contributed by atoms with Gasteiger partial charge in [0.1, 0.15) is 11.8 Å². The van der Waals surface area contributed by atoms with Gasteiger partial charge in [-0.15, -0.1) is 0 Å². The number of ether oxygens (including phenoxy) is 3. The summed E-state index contributed by atoms with van der Waals surface area (Å²) in [5, 5.41) is 16.4. The fraction of sp³-hybridized carbons (Fsp3) is 0.241. The molecule has 2 atom stereocenters. The SMILES string of the molecule is CCOc1cc(/C=N\NC(=O)[C@H](Cc2ccccc2)NC(=O)[C@@H](C)Oc2ccc(Cl)cc2Cl)cc(Br)c1OCC(=O)O. The molecule has 13 heteroatoms. The van der Waals surface area contributed by atoms with E-state index in [4.69, 9.17) is 42.5 Å². The molecular formula is C29H28BrCl2N3O7. The quantitative estimate of drug-likeness (QED) is 0.156. The standard InChI is InChI=1S/C29H28BrCl2N3O7/c1-3-40-25-13-19(11-21(30)27(25)41-16-26(36)37)15-33-35-29(39)23(12-18-7-5-4-6-8-18)34-28(38)17(2)42-24-10-9-20(31)14-22(24)32/h4-11,13-15,17,23H,3,12,16H2,1-2H3,(H,34,38)(H,35,39)(H,36,37)/b33-15-/t17-,23+/m1/s1. The third-order valence-corrected chi connectivity index (χ3v) is 6.66. The Kier molecular flexibility index (Phi) is 12.5. The minimum atomic E-state index is -1.13. The molecule has 3 rings (SSSR count). The van der Waals surface area contributed by atoms with Crippen LogP contribution in [0, 0.1) is 0 Å². The maximum atomic E-state index is 13.2. The second-order valence-corrected chi connectivity index (χ2v) is 10.5. The molecule has 0 fully saturated rings. The number of hydrogen-bond donors (Lipinski definition) is 3. The van der Waals surface area contributed by atoms with Crippen LogP contribution >= 0.6 is 39.1 Å². The smallest absolute Gasteiger partial charge is 0.341 e. The van der Waals surface area contributed by atoms with Crippen LogP contribution in [0.1, 0.15) is 25.0 Å². The predicted octanol–water partition coefficient (Wildman–Crippen LogP) is 5.26. The van der Waals surface area contributed by atoms with Crippen LogP contribution in [0.3, 0.4) is 0 Å². The lowest BCUT2D eigenvalue weighted by atomic mass is 10.1. The Morgan fingerprint density at radius 3 is 2.43 bits per heavy atom. The molecule has 2 amide bonds. The predicted molar refractivity (Wildman–Crippen MR) is 163 cm³/mol. The van der Waals surface area contributed by atoms with E-state index in [2.05, 4.69) is 31.8 Å². The zero-order valence-electron chi connectivity index (χ0n) is 22.6. The molecule has 3 N–H and O–H groups in total. The summed E-state index contributed by atoms with van der Waals surface area (Å²) >= 11 is 15.4. The lowest BCUT2D eigenvalue weighted by molar-refractivity contribution is -0.139.